The van der Waals surface area contributed by atoms with Crippen LogP contribution in [0.25, 0.3) is 5.69 Å². The molecule has 1 amide bonds. The van der Waals surface area contributed by atoms with Crippen molar-refractivity contribution in [3.63, 3.8) is 0 Å². The molecule has 1 N–H and O–H groups in total. The Morgan fingerprint density at radius 3 is 2.59 bits per heavy atom. The summed E-state index contributed by atoms with van der Waals surface area (Å²) in [7, 11) is 0. The topological polar surface area (TPSA) is 108 Å². The Hall–Kier alpha value is -3.75. The van der Waals surface area contributed by atoms with Crippen molar-refractivity contribution in [2.24, 2.45) is 0 Å². The fraction of sp³-hybridized carbons (Fsp3) is 0.167. The van der Waals surface area contributed by atoms with Crippen molar-refractivity contribution in [3.05, 3.63) is 60.4 Å². The number of nitrogens with one attached hydrogen (secondary N) is 1. The third kappa shape index (κ3) is 4.66. The molecule has 1 heterocycles. The number of benzene rings is 2. The highest BCUT2D eigenvalue weighted by Gasteiger charge is 2.14. The standard InChI is InChI=1S/C18H17N5O4/c1-2-26-18(25)15-5-3-4-6-16(15)20-17(24)11-27-14-9-7-13(8-10-14)23-12-19-21-22-23/h3-10,12H,2,11H2,1H3,(H,20,24). The van der Waals surface area contributed by atoms with Crippen LogP contribution in [0.5, 0.6) is 5.75 Å². The van der Waals surface area contributed by atoms with E-state index in [0.29, 0.717) is 17.0 Å². The van der Waals surface area contributed by atoms with Gasteiger partial charge in [0.1, 0.15) is 12.1 Å². The number of aromatic nitrogens is 4. The number of anilines is 1. The van der Waals surface area contributed by atoms with E-state index in [4.69, 9.17) is 9.47 Å². The molecule has 27 heavy (non-hydrogen) atoms. The highest BCUT2D eigenvalue weighted by atomic mass is 16.5. The van der Waals surface area contributed by atoms with E-state index in [1.807, 2.05) is 0 Å². The third-order valence-corrected chi connectivity index (χ3v) is 3.52. The summed E-state index contributed by atoms with van der Waals surface area (Å²) >= 11 is 0. The summed E-state index contributed by atoms with van der Waals surface area (Å²) in [6, 6.07) is 13.6. The summed E-state index contributed by atoms with van der Waals surface area (Å²) in [6.07, 6.45) is 1.48. The number of tetrazole rings is 1. The number of amides is 1. The third-order valence-electron chi connectivity index (χ3n) is 3.52. The number of esters is 1. The lowest BCUT2D eigenvalue weighted by Crippen LogP contribution is -2.22. The first-order chi connectivity index (χ1) is 13.2. The number of hydrogen-bond donors (Lipinski definition) is 1. The Morgan fingerprint density at radius 2 is 1.89 bits per heavy atom. The highest BCUT2D eigenvalue weighted by molar-refractivity contribution is 6.01. The summed E-state index contributed by atoms with van der Waals surface area (Å²) in [5, 5.41) is 13.6. The Balaban J connectivity index is 1.58. The first-order valence-electron chi connectivity index (χ1n) is 8.19. The molecule has 3 aromatic rings. The van der Waals surface area contributed by atoms with Gasteiger partial charge in [-0.1, -0.05) is 12.1 Å². The maximum absolute atomic E-state index is 12.2. The van der Waals surface area contributed by atoms with Crippen molar-refractivity contribution >= 4 is 17.6 Å². The molecule has 0 aliphatic carbocycles. The lowest BCUT2D eigenvalue weighted by atomic mass is 10.2. The molecule has 9 nitrogen and oxygen atoms in total. The molecule has 0 aliphatic rings. The van der Waals surface area contributed by atoms with Crippen molar-refractivity contribution < 1.29 is 19.1 Å². The van der Waals surface area contributed by atoms with Gasteiger partial charge < -0.3 is 14.8 Å². The van der Waals surface area contributed by atoms with Crippen LogP contribution >= 0.6 is 0 Å². The lowest BCUT2D eigenvalue weighted by molar-refractivity contribution is -0.118. The number of para-hydroxylation sites is 1. The summed E-state index contributed by atoms with van der Waals surface area (Å²) in [5.41, 5.74) is 1.43. The van der Waals surface area contributed by atoms with Crippen LogP contribution < -0.4 is 10.1 Å². The van der Waals surface area contributed by atoms with Gasteiger partial charge in [-0.2, -0.15) is 0 Å². The molecule has 0 saturated carbocycles. The second-order valence-corrected chi connectivity index (χ2v) is 5.35. The molecule has 0 fully saturated rings. The molecule has 0 radical (unpaired) electrons. The molecular weight excluding hydrogens is 350 g/mol. The van der Waals surface area contributed by atoms with Crippen LogP contribution in [0.1, 0.15) is 17.3 Å². The normalized spacial score (nSPS) is 10.3. The minimum atomic E-state index is -0.493. The van der Waals surface area contributed by atoms with Crippen LogP contribution in [0, 0.1) is 0 Å². The molecule has 0 unspecified atom stereocenters. The van der Waals surface area contributed by atoms with E-state index < -0.39 is 11.9 Å². The van der Waals surface area contributed by atoms with Gasteiger partial charge in [-0.15, -0.1) is 5.10 Å². The maximum atomic E-state index is 12.2. The number of nitrogens with zero attached hydrogens (tertiary/aromatic N) is 4. The van der Waals surface area contributed by atoms with Crippen LogP contribution in [0.4, 0.5) is 5.69 Å². The fourth-order valence-electron chi connectivity index (χ4n) is 2.29. The van der Waals surface area contributed by atoms with Gasteiger partial charge in [0.25, 0.3) is 5.91 Å². The number of carbonyl (C=O) groups is 2. The minimum Gasteiger partial charge on any atom is -0.484 e. The second kappa shape index (κ2) is 8.56. The van der Waals surface area contributed by atoms with E-state index in [2.05, 4.69) is 20.8 Å². The number of ether oxygens (including phenoxy) is 2. The minimum absolute atomic E-state index is 0.207. The quantitative estimate of drug-likeness (QED) is 0.635. The monoisotopic (exact) mass is 367 g/mol. The SMILES string of the molecule is CCOC(=O)c1ccccc1NC(=O)COc1ccc(-n2cnnn2)cc1. The largest absolute Gasteiger partial charge is 0.484 e. The molecule has 1 aromatic heterocycles. The zero-order valence-corrected chi connectivity index (χ0v) is 14.5. The first kappa shape index (κ1) is 18.1. The molecule has 9 heteroatoms. The average Bonchev–Trinajstić information content (AvgIpc) is 3.22. The van der Waals surface area contributed by atoms with E-state index >= 15 is 0 Å². The van der Waals surface area contributed by atoms with E-state index in [0.717, 1.165) is 5.69 Å². The van der Waals surface area contributed by atoms with Crippen molar-refractivity contribution in [2.75, 3.05) is 18.5 Å². The van der Waals surface area contributed by atoms with Crippen LogP contribution in [0.2, 0.25) is 0 Å². The van der Waals surface area contributed by atoms with Crippen molar-refractivity contribution in [2.45, 2.75) is 6.92 Å². The van der Waals surface area contributed by atoms with Gasteiger partial charge in [-0.25, -0.2) is 9.48 Å². The molecular formula is C18H17N5O4. The van der Waals surface area contributed by atoms with Gasteiger partial charge in [-0.3, -0.25) is 4.79 Å². The van der Waals surface area contributed by atoms with Gasteiger partial charge in [0.05, 0.1) is 23.5 Å². The van der Waals surface area contributed by atoms with Gasteiger partial charge in [-0.05, 0) is 53.7 Å². The predicted octanol–water partition coefficient (Wildman–Crippen LogP) is 1.86. The van der Waals surface area contributed by atoms with Crippen LogP contribution in [-0.4, -0.2) is 45.3 Å². The highest BCUT2D eigenvalue weighted by Crippen LogP contribution is 2.17. The van der Waals surface area contributed by atoms with Gasteiger partial charge in [0.15, 0.2) is 6.61 Å². The fourth-order valence-corrected chi connectivity index (χ4v) is 2.29. The molecule has 0 saturated heterocycles. The predicted molar refractivity (Wildman–Crippen MR) is 95.7 cm³/mol. The Kier molecular flexibility index (Phi) is 5.73. The van der Waals surface area contributed by atoms with Crippen LogP contribution in [0.15, 0.2) is 54.9 Å². The molecule has 0 spiro atoms. The zero-order chi connectivity index (χ0) is 19.1. The Morgan fingerprint density at radius 1 is 1.11 bits per heavy atom. The molecule has 138 valence electrons. The second-order valence-electron chi connectivity index (χ2n) is 5.35. The number of hydrogen-bond acceptors (Lipinski definition) is 7. The maximum Gasteiger partial charge on any atom is 0.340 e. The molecule has 0 atom stereocenters. The van der Waals surface area contributed by atoms with E-state index in [9.17, 15) is 9.59 Å². The van der Waals surface area contributed by atoms with Gasteiger partial charge in [0, 0.05) is 0 Å². The average molecular weight is 367 g/mol. The van der Waals surface area contributed by atoms with E-state index in [1.165, 1.54) is 11.0 Å². The molecule has 0 aliphatic heterocycles. The smallest absolute Gasteiger partial charge is 0.340 e. The van der Waals surface area contributed by atoms with Crippen molar-refractivity contribution in [1.82, 2.24) is 20.2 Å². The summed E-state index contributed by atoms with van der Waals surface area (Å²) in [6.45, 7) is 1.77. The van der Waals surface area contributed by atoms with Crippen molar-refractivity contribution in [1.29, 1.82) is 0 Å². The summed E-state index contributed by atoms with van der Waals surface area (Å²) in [5.74, 6) is -0.371. The Bertz CT molecular complexity index is 910. The number of rotatable bonds is 7. The van der Waals surface area contributed by atoms with E-state index in [1.54, 1.807) is 55.5 Å². The molecule has 2 aromatic carbocycles. The van der Waals surface area contributed by atoms with Gasteiger partial charge >= 0.3 is 5.97 Å². The van der Waals surface area contributed by atoms with Crippen LogP contribution in [-0.2, 0) is 9.53 Å². The van der Waals surface area contributed by atoms with Crippen molar-refractivity contribution in [3.8, 4) is 11.4 Å². The lowest BCUT2D eigenvalue weighted by Gasteiger charge is -2.11. The number of carbonyl (C=O) groups excluding carboxylic acids is 2. The van der Waals surface area contributed by atoms with Gasteiger partial charge in [0.2, 0.25) is 0 Å². The Labute approximate surface area is 154 Å². The van der Waals surface area contributed by atoms with E-state index in [-0.39, 0.29) is 13.2 Å². The molecule has 3 rings (SSSR count). The van der Waals surface area contributed by atoms with Crippen LogP contribution in [0.3, 0.4) is 0 Å². The molecule has 0 bridgehead atoms. The zero-order valence-electron chi connectivity index (χ0n) is 14.5. The first-order valence-corrected chi connectivity index (χ1v) is 8.19. The summed E-state index contributed by atoms with van der Waals surface area (Å²) < 4.78 is 12.0. The summed E-state index contributed by atoms with van der Waals surface area (Å²) in [4.78, 5) is 24.1.